The van der Waals surface area contributed by atoms with Gasteiger partial charge in [0.2, 0.25) is 5.91 Å². The van der Waals surface area contributed by atoms with Crippen LogP contribution in [0.5, 0.6) is 0 Å². The van der Waals surface area contributed by atoms with Crippen molar-refractivity contribution in [2.24, 2.45) is 0 Å². The molecule has 2 aliphatic rings. The summed E-state index contributed by atoms with van der Waals surface area (Å²) in [5.74, 6) is 2.78. The van der Waals surface area contributed by atoms with Gasteiger partial charge >= 0.3 is 0 Å². The van der Waals surface area contributed by atoms with Crippen LogP contribution in [0.2, 0.25) is 0 Å². The van der Waals surface area contributed by atoms with E-state index in [2.05, 4.69) is 29.6 Å². The molecule has 1 N–H and O–H groups in total. The largest absolute Gasteiger partial charge is 0.312 e. The Kier molecular flexibility index (Phi) is 4.09. The summed E-state index contributed by atoms with van der Waals surface area (Å²) in [4.78, 5) is 13.6. The molecule has 3 nitrogen and oxygen atoms in total. The summed E-state index contributed by atoms with van der Waals surface area (Å²) < 4.78 is 0. The van der Waals surface area contributed by atoms with E-state index < -0.39 is 0 Å². The zero-order valence-corrected chi connectivity index (χ0v) is 11.9. The van der Waals surface area contributed by atoms with Crippen LogP contribution >= 0.6 is 11.8 Å². The van der Waals surface area contributed by atoms with Crippen LogP contribution in [-0.4, -0.2) is 30.0 Å². The minimum Gasteiger partial charge on any atom is -0.312 e. The first-order valence-electron chi connectivity index (χ1n) is 7.03. The summed E-state index contributed by atoms with van der Waals surface area (Å²) in [5.41, 5.74) is 2.34. The maximum atomic E-state index is 11.7. The minimum atomic E-state index is 0.258. The van der Waals surface area contributed by atoms with Gasteiger partial charge in [0.25, 0.3) is 0 Å². The van der Waals surface area contributed by atoms with Gasteiger partial charge in [0.1, 0.15) is 0 Å². The molecular weight excluding hydrogens is 256 g/mol. The molecule has 1 atom stereocenters. The Hall–Kier alpha value is -1.00. The zero-order chi connectivity index (χ0) is 13.1. The number of benzene rings is 1. The summed E-state index contributed by atoms with van der Waals surface area (Å²) in [6.07, 6.45) is 2.97. The molecule has 3 rings (SSSR count). The van der Waals surface area contributed by atoms with Gasteiger partial charge in [-0.3, -0.25) is 4.79 Å². The fourth-order valence-electron chi connectivity index (χ4n) is 2.67. The number of rotatable bonds is 4. The summed E-state index contributed by atoms with van der Waals surface area (Å²) >= 11 is 2.03. The van der Waals surface area contributed by atoms with Crippen molar-refractivity contribution >= 4 is 23.4 Å². The highest BCUT2D eigenvalue weighted by Crippen LogP contribution is 2.22. The Bertz CT molecular complexity index is 440. The van der Waals surface area contributed by atoms with Gasteiger partial charge < -0.3 is 10.2 Å². The van der Waals surface area contributed by atoms with Crippen LogP contribution in [0.25, 0.3) is 0 Å². The highest BCUT2D eigenvalue weighted by atomic mass is 32.2. The molecule has 0 aliphatic carbocycles. The topological polar surface area (TPSA) is 32.3 Å². The average Bonchev–Trinajstić information content (AvgIpc) is 3.08. The van der Waals surface area contributed by atoms with E-state index in [9.17, 15) is 4.79 Å². The lowest BCUT2D eigenvalue weighted by Gasteiger charge is -2.16. The molecule has 1 amide bonds. The van der Waals surface area contributed by atoms with Crippen molar-refractivity contribution in [3.63, 3.8) is 0 Å². The highest BCUT2D eigenvalue weighted by Gasteiger charge is 2.21. The Morgan fingerprint density at radius 3 is 2.79 bits per heavy atom. The number of nitrogens with one attached hydrogen (secondary N) is 1. The van der Waals surface area contributed by atoms with Crippen LogP contribution in [0.3, 0.4) is 0 Å². The van der Waals surface area contributed by atoms with E-state index in [1.54, 1.807) is 0 Å². The third-order valence-electron chi connectivity index (χ3n) is 3.85. The number of hydrogen-bond acceptors (Lipinski definition) is 3. The van der Waals surface area contributed by atoms with Crippen molar-refractivity contribution in [2.45, 2.75) is 31.8 Å². The Balaban J connectivity index is 1.57. The first-order valence-corrected chi connectivity index (χ1v) is 8.19. The number of amides is 1. The van der Waals surface area contributed by atoms with Gasteiger partial charge in [0, 0.05) is 37.0 Å². The van der Waals surface area contributed by atoms with Gasteiger partial charge in [-0.1, -0.05) is 12.1 Å². The van der Waals surface area contributed by atoms with Gasteiger partial charge in [0.05, 0.1) is 0 Å². The van der Waals surface area contributed by atoms with Crippen LogP contribution < -0.4 is 10.2 Å². The van der Waals surface area contributed by atoms with Crippen molar-refractivity contribution in [1.82, 2.24) is 5.32 Å². The smallest absolute Gasteiger partial charge is 0.227 e. The average molecular weight is 276 g/mol. The maximum absolute atomic E-state index is 11.7. The fourth-order valence-corrected chi connectivity index (χ4v) is 3.86. The standard InChI is InChI=1S/C15H20N2OS/c18-15-2-1-8-17(15)14-5-3-12(4-6-14)10-16-13-7-9-19-11-13/h3-6,13,16H,1-2,7-11H2/t13-/m1/s1. The van der Waals surface area contributed by atoms with Gasteiger partial charge in [-0.2, -0.15) is 11.8 Å². The van der Waals surface area contributed by atoms with Gasteiger partial charge in [-0.25, -0.2) is 0 Å². The van der Waals surface area contributed by atoms with Crippen LogP contribution in [0.15, 0.2) is 24.3 Å². The minimum absolute atomic E-state index is 0.258. The predicted molar refractivity (Wildman–Crippen MR) is 80.6 cm³/mol. The van der Waals surface area contributed by atoms with Crippen LogP contribution in [-0.2, 0) is 11.3 Å². The molecule has 2 heterocycles. The molecule has 0 saturated carbocycles. The van der Waals surface area contributed by atoms with E-state index in [4.69, 9.17) is 0 Å². The highest BCUT2D eigenvalue weighted by molar-refractivity contribution is 7.99. The molecule has 19 heavy (non-hydrogen) atoms. The molecule has 1 aromatic carbocycles. The molecule has 0 unspecified atom stereocenters. The molecule has 0 spiro atoms. The first kappa shape index (κ1) is 13.0. The fraction of sp³-hybridized carbons (Fsp3) is 0.533. The van der Waals surface area contributed by atoms with E-state index in [1.807, 2.05) is 16.7 Å². The third kappa shape index (κ3) is 3.12. The van der Waals surface area contributed by atoms with Crippen LogP contribution in [0.4, 0.5) is 5.69 Å². The summed E-state index contributed by atoms with van der Waals surface area (Å²) in [7, 11) is 0. The van der Waals surface area contributed by atoms with E-state index in [0.717, 1.165) is 25.2 Å². The second-order valence-corrected chi connectivity index (χ2v) is 6.41. The van der Waals surface area contributed by atoms with Gasteiger partial charge in [-0.15, -0.1) is 0 Å². The Labute approximate surface area is 118 Å². The van der Waals surface area contributed by atoms with Gasteiger partial charge in [0.15, 0.2) is 0 Å². The molecule has 102 valence electrons. The molecule has 2 saturated heterocycles. The molecule has 2 fully saturated rings. The molecule has 4 heteroatoms. The second kappa shape index (κ2) is 5.97. The molecule has 0 radical (unpaired) electrons. The first-order chi connectivity index (χ1) is 9.33. The number of nitrogens with zero attached hydrogens (tertiary/aromatic N) is 1. The lowest BCUT2D eigenvalue weighted by molar-refractivity contribution is -0.117. The Morgan fingerprint density at radius 2 is 2.16 bits per heavy atom. The zero-order valence-electron chi connectivity index (χ0n) is 11.1. The van der Waals surface area contributed by atoms with Crippen molar-refractivity contribution in [3.05, 3.63) is 29.8 Å². The maximum Gasteiger partial charge on any atom is 0.227 e. The Morgan fingerprint density at radius 1 is 1.32 bits per heavy atom. The molecule has 0 aromatic heterocycles. The molecule has 0 bridgehead atoms. The normalized spacial score (nSPS) is 23.3. The van der Waals surface area contributed by atoms with Crippen molar-refractivity contribution in [3.8, 4) is 0 Å². The lowest BCUT2D eigenvalue weighted by atomic mass is 10.1. The van der Waals surface area contributed by atoms with Crippen LogP contribution in [0.1, 0.15) is 24.8 Å². The number of carbonyl (C=O) groups is 1. The SMILES string of the molecule is O=C1CCCN1c1ccc(CN[C@@H]2CCSC2)cc1. The quantitative estimate of drug-likeness (QED) is 0.916. The van der Waals surface area contributed by atoms with Gasteiger partial charge in [-0.05, 0) is 36.3 Å². The van der Waals surface area contributed by atoms with E-state index in [0.29, 0.717) is 12.5 Å². The monoisotopic (exact) mass is 276 g/mol. The second-order valence-electron chi connectivity index (χ2n) is 5.26. The van der Waals surface area contributed by atoms with E-state index in [-0.39, 0.29) is 5.91 Å². The van der Waals surface area contributed by atoms with Crippen molar-refractivity contribution in [1.29, 1.82) is 0 Å². The summed E-state index contributed by atoms with van der Waals surface area (Å²) in [5, 5.41) is 3.59. The summed E-state index contributed by atoms with van der Waals surface area (Å²) in [6.45, 7) is 1.80. The van der Waals surface area contributed by atoms with E-state index in [1.165, 1.54) is 23.5 Å². The summed E-state index contributed by atoms with van der Waals surface area (Å²) in [6, 6.07) is 9.09. The number of thioether (sulfide) groups is 1. The van der Waals surface area contributed by atoms with Crippen LogP contribution in [0, 0.1) is 0 Å². The number of anilines is 1. The van der Waals surface area contributed by atoms with E-state index >= 15 is 0 Å². The number of hydrogen-bond donors (Lipinski definition) is 1. The predicted octanol–water partition coefficient (Wildman–Crippen LogP) is 2.41. The third-order valence-corrected chi connectivity index (χ3v) is 5.01. The lowest BCUT2D eigenvalue weighted by Crippen LogP contribution is -2.28. The number of carbonyl (C=O) groups excluding carboxylic acids is 1. The molecule has 2 aliphatic heterocycles. The van der Waals surface area contributed by atoms with Crippen molar-refractivity contribution < 1.29 is 4.79 Å². The van der Waals surface area contributed by atoms with Crippen molar-refractivity contribution in [2.75, 3.05) is 23.0 Å². The molecular formula is C15H20N2OS. The molecule has 1 aromatic rings.